The van der Waals surface area contributed by atoms with Crippen LogP contribution in [0.2, 0.25) is 0 Å². The molecule has 3 aliphatic heterocycles. The van der Waals surface area contributed by atoms with E-state index in [2.05, 4.69) is 19.4 Å². The Balaban J connectivity index is 1.58. The highest BCUT2D eigenvalue weighted by atomic mass is 32.2. The number of amidine groups is 2. The number of aromatic hydroxyl groups is 1. The average Bonchev–Trinajstić information content (AvgIpc) is 3.35. The molecular weight excluding hydrogens is 450 g/mol. The van der Waals surface area contributed by atoms with Gasteiger partial charge in [-0.1, -0.05) is 13.0 Å². The molecule has 0 aromatic heterocycles. The van der Waals surface area contributed by atoms with Crippen LogP contribution in [0.3, 0.4) is 0 Å². The minimum atomic E-state index is -3.99. The summed E-state index contributed by atoms with van der Waals surface area (Å²) in [6.45, 7) is 5.52. The number of allylic oxidation sites excluding steroid dienone is 1. The minimum absolute atomic E-state index is 0.0271. The highest BCUT2D eigenvalue weighted by Crippen LogP contribution is 2.30. The van der Waals surface area contributed by atoms with E-state index >= 15 is 0 Å². The molecule has 4 rings (SSSR count). The van der Waals surface area contributed by atoms with E-state index in [0.29, 0.717) is 39.1 Å². The molecule has 0 saturated carbocycles. The lowest BCUT2D eigenvalue weighted by atomic mass is 10.1. The van der Waals surface area contributed by atoms with Gasteiger partial charge in [0.25, 0.3) is 5.91 Å². The zero-order chi connectivity index (χ0) is 23.6. The predicted octanol–water partition coefficient (Wildman–Crippen LogP) is 1.39. The van der Waals surface area contributed by atoms with Crippen LogP contribution in [0.4, 0.5) is 5.69 Å². The third-order valence-electron chi connectivity index (χ3n) is 5.60. The first-order valence-corrected chi connectivity index (χ1v) is 12.2. The van der Waals surface area contributed by atoms with Gasteiger partial charge in [-0.2, -0.15) is 8.42 Å². The number of hydrogen-bond donors (Lipinski definition) is 3. The van der Waals surface area contributed by atoms with E-state index in [9.17, 15) is 18.3 Å². The number of carbonyl (C=O) groups excluding carboxylic acids is 1. The number of nitrogens with one attached hydrogen (secondary N) is 2. The van der Waals surface area contributed by atoms with E-state index in [1.165, 1.54) is 12.1 Å². The second kappa shape index (κ2) is 9.40. The van der Waals surface area contributed by atoms with E-state index in [4.69, 9.17) is 9.47 Å². The first-order valence-electron chi connectivity index (χ1n) is 10.8. The number of benzene rings is 1. The SMILES string of the molecule is CC[C@@H](N=C1NS(=O)(=O)N=C1Nc1cccc(C(=O)N2CCOCC2)c1O)C1CC=C(C)O1. The summed E-state index contributed by atoms with van der Waals surface area (Å²) in [5, 5.41) is 13.6. The number of nitrogens with zero attached hydrogens (tertiary/aromatic N) is 3. The van der Waals surface area contributed by atoms with E-state index in [1.54, 1.807) is 11.0 Å². The molecule has 3 N–H and O–H groups in total. The minimum Gasteiger partial charge on any atom is -0.505 e. The zero-order valence-corrected chi connectivity index (χ0v) is 19.3. The third kappa shape index (κ3) is 5.11. The van der Waals surface area contributed by atoms with Crippen molar-refractivity contribution in [3.05, 3.63) is 35.6 Å². The van der Waals surface area contributed by atoms with Crippen molar-refractivity contribution in [2.24, 2.45) is 9.39 Å². The Morgan fingerprint density at radius 1 is 1.39 bits per heavy atom. The van der Waals surface area contributed by atoms with E-state index in [-0.39, 0.29) is 46.7 Å². The normalized spacial score (nSPS) is 24.0. The number of aliphatic imine (C=N–C) groups is 1. The monoisotopic (exact) mass is 477 g/mol. The van der Waals surface area contributed by atoms with Crippen LogP contribution in [0.15, 0.2) is 39.4 Å². The van der Waals surface area contributed by atoms with Crippen LogP contribution in [0.1, 0.15) is 37.0 Å². The van der Waals surface area contributed by atoms with Gasteiger partial charge in [-0.15, -0.1) is 4.40 Å². The molecule has 1 amide bonds. The van der Waals surface area contributed by atoms with Gasteiger partial charge in [0, 0.05) is 19.5 Å². The number of hydrogen-bond acceptors (Lipinski definition) is 8. The molecule has 0 radical (unpaired) electrons. The second-order valence-electron chi connectivity index (χ2n) is 7.91. The number of para-hydroxylation sites is 1. The molecule has 1 aromatic rings. The predicted molar refractivity (Wildman–Crippen MR) is 123 cm³/mol. The van der Waals surface area contributed by atoms with Gasteiger partial charge in [-0.25, -0.2) is 4.72 Å². The van der Waals surface area contributed by atoms with Gasteiger partial charge >= 0.3 is 10.2 Å². The van der Waals surface area contributed by atoms with Crippen LogP contribution < -0.4 is 10.0 Å². The fourth-order valence-corrected chi connectivity index (χ4v) is 4.68. The van der Waals surface area contributed by atoms with Gasteiger partial charge in [-0.3, -0.25) is 9.79 Å². The maximum absolute atomic E-state index is 12.8. The zero-order valence-electron chi connectivity index (χ0n) is 18.4. The van der Waals surface area contributed by atoms with Crippen molar-refractivity contribution in [3.63, 3.8) is 0 Å². The fraction of sp³-hybridized carbons (Fsp3) is 0.476. The van der Waals surface area contributed by atoms with Gasteiger partial charge in [0.2, 0.25) is 0 Å². The van der Waals surface area contributed by atoms with E-state index in [0.717, 1.165) is 5.76 Å². The number of phenolic OH excluding ortho intramolecular Hbond substituents is 1. The van der Waals surface area contributed by atoms with Crippen LogP contribution in [-0.4, -0.2) is 74.5 Å². The van der Waals surface area contributed by atoms with Gasteiger partial charge in [0.1, 0.15) is 6.10 Å². The number of morpholine rings is 1. The molecule has 1 fully saturated rings. The standard InChI is InChI=1S/C21H27N5O6S/c1-3-15(17-8-7-13(2)32-17)22-19-20(25-33(29,30)24-19)23-16-6-4-5-14(18(16)27)21(28)26-9-11-31-12-10-26/h4-7,15,17,27H,3,8-12H2,1-2H3,(H,22,24)(H,23,25)/t15-,17?/m1/s1. The molecule has 11 nitrogen and oxygen atoms in total. The second-order valence-corrected chi connectivity index (χ2v) is 9.25. The van der Waals surface area contributed by atoms with Crippen LogP contribution in [-0.2, 0) is 19.7 Å². The van der Waals surface area contributed by atoms with Crippen LogP contribution in [0, 0.1) is 0 Å². The Hall–Kier alpha value is -3.12. The summed E-state index contributed by atoms with van der Waals surface area (Å²) in [6, 6.07) is 4.34. The van der Waals surface area contributed by atoms with Crippen molar-refractivity contribution in [2.45, 2.75) is 38.8 Å². The summed E-state index contributed by atoms with van der Waals surface area (Å²) >= 11 is 0. The Kier molecular flexibility index (Phi) is 6.56. The molecule has 1 aromatic carbocycles. The lowest BCUT2D eigenvalue weighted by Gasteiger charge is -2.27. The summed E-state index contributed by atoms with van der Waals surface area (Å²) in [5.74, 6) is 0.136. The van der Waals surface area contributed by atoms with Crippen molar-refractivity contribution in [1.82, 2.24) is 9.62 Å². The molecule has 12 heteroatoms. The number of anilines is 1. The van der Waals surface area contributed by atoms with Crippen LogP contribution in [0.25, 0.3) is 0 Å². The van der Waals surface area contributed by atoms with E-state index < -0.39 is 10.2 Å². The number of carbonyl (C=O) groups is 1. The topological polar surface area (TPSA) is 142 Å². The largest absolute Gasteiger partial charge is 0.505 e. The molecular formula is C21H27N5O6S. The Labute approximate surface area is 192 Å². The van der Waals surface area contributed by atoms with Crippen molar-refractivity contribution in [1.29, 1.82) is 0 Å². The summed E-state index contributed by atoms with van der Waals surface area (Å²) in [6.07, 6.45) is 3.07. The van der Waals surface area contributed by atoms with Crippen molar-refractivity contribution in [2.75, 3.05) is 31.6 Å². The van der Waals surface area contributed by atoms with Gasteiger partial charge in [0.05, 0.1) is 36.3 Å². The molecule has 0 bridgehead atoms. The van der Waals surface area contributed by atoms with Crippen molar-refractivity contribution < 1.29 is 27.8 Å². The number of amides is 1. The Morgan fingerprint density at radius 3 is 2.82 bits per heavy atom. The smallest absolute Gasteiger partial charge is 0.345 e. The van der Waals surface area contributed by atoms with Crippen LogP contribution in [0.5, 0.6) is 5.75 Å². The molecule has 0 aliphatic carbocycles. The summed E-state index contributed by atoms with van der Waals surface area (Å²) in [4.78, 5) is 19.0. The van der Waals surface area contributed by atoms with Gasteiger partial charge in [0.15, 0.2) is 17.4 Å². The first-order chi connectivity index (χ1) is 15.8. The first kappa shape index (κ1) is 23.1. The highest BCUT2D eigenvalue weighted by Gasteiger charge is 2.32. The Morgan fingerprint density at radius 2 is 2.15 bits per heavy atom. The average molecular weight is 478 g/mol. The number of rotatable bonds is 5. The van der Waals surface area contributed by atoms with Crippen molar-refractivity contribution >= 4 is 33.5 Å². The number of ether oxygens (including phenoxy) is 2. The van der Waals surface area contributed by atoms with Gasteiger partial charge in [-0.05, 0) is 31.6 Å². The molecule has 2 atom stereocenters. The molecule has 1 saturated heterocycles. The maximum Gasteiger partial charge on any atom is 0.345 e. The maximum atomic E-state index is 12.8. The van der Waals surface area contributed by atoms with E-state index in [1.807, 2.05) is 19.9 Å². The summed E-state index contributed by atoms with van der Waals surface area (Å²) < 4.78 is 41.4. The Bertz CT molecular complexity index is 1120. The van der Waals surface area contributed by atoms with Crippen molar-refractivity contribution in [3.8, 4) is 5.75 Å². The lowest BCUT2D eigenvalue weighted by Crippen LogP contribution is -2.40. The molecule has 0 spiro atoms. The molecule has 33 heavy (non-hydrogen) atoms. The summed E-state index contributed by atoms with van der Waals surface area (Å²) in [5.41, 5.74) is 0.240. The molecule has 3 heterocycles. The fourth-order valence-electron chi connectivity index (χ4n) is 3.86. The molecule has 178 valence electrons. The highest BCUT2D eigenvalue weighted by molar-refractivity contribution is 7.89. The van der Waals surface area contributed by atoms with Crippen LogP contribution >= 0.6 is 0 Å². The van der Waals surface area contributed by atoms with Gasteiger partial charge < -0.3 is 24.8 Å². The summed E-state index contributed by atoms with van der Waals surface area (Å²) in [7, 11) is -3.99. The lowest BCUT2D eigenvalue weighted by molar-refractivity contribution is 0.0301. The molecule has 1 unspecified atom stereocenters. The number of phenols is 1. The molecule has 3 aliphatic rings. The quantitative estimate of drug-likeness (QED) is 0.544. The third-order valence-corrected chi connectivity index (χ3v) is 6.47.